The molecule has 1 N–H and O–H groups in total. The summed E-state index contributed by atoms with van der Waals surface area (Å²) in [7, 11) is 0. The van der Waals surface area contributed by atoms with E-state index in [1.54, 1.807) is 11.3 Å². The van der Waals surface area contributed by atoms with Crippen molar-refractivity contribution < 1.29 is 0 Å². The van der Waals surface area contributed by atoms with Gasteiger partial charge < -0.3 is 5.32 Å². The van der Waals surface area contributed by atoms with Crippen LogP contribution in [0.2, 0.25) is 0 Å². The van der Waals surface area contributed by atoms with Crippen LogP contribution in [0.1, 0.15) is 39.0 Å². The first kappa shape index (κ1) is 13.7. The van der Waals surface area contributed by atoms with E-state index in [4.69, 9.17) is 0 Å². The van der Waals surface area contributed by atoms with E-state index in [-0.39, 0.29) is 0 Å². The highest BCUT2D eigenvalue weighted by atomic mass is 32.1. The minimum Gasteiger partial charge on any atom is -0.313 e. The highest BCUT2D eigenvalue weighted by Crippen LogP contribution is 2.19. The molecule has 1 aromatic rings. The minimum absolute atomic E-state index is 0.584. The molecule has 0 bridgehead atoms. The Hall–Kier alpha value is -0.410. The fraction of sp³-hybridized carbons (Fsp3) is 0.769. The lowest BCUT2D eigenvalue weighted by molar-refractivity contribution is 0.298. The van der Waals surface area contributed by atoms with Gasteiger partial charge >= 0.3 is 0 Å². The van der Waals surface area contributed by atoms with E-state index in [1.807, 2.05) is 11.7 Å². The quantitative estimate of drug-likeness (QED) is 0.790. The molecule has 0 spiro atoms. The first-order valence-electron chi connectivity index (χ1n) is 6.25. The van der Waals surface area contributed by atoms with Crippen LogP contribution < -0.4 is 5.32 Å². The van der Waals surface area contributed by atoms with Crippen LogP contribution >= 0.6 is 11.3 Å². The second-order valence-corrected chi connectivity index (χ2v) is 5.81. The second-order valence-electron chi connectivity index (χ2n) is 4.84. The van der Waals surface area contributed by atoms with Crippen molar-refractivity contribution in [1.29, 1.82) is 0 Å². The fourth-order valence-corrected chi connectivity index (χ4v) is 2.45. The van der Waals surface area contributed by atoms with Gasteiger partial charge in [-0.25, -0.2) is 0 Å². The lowest BCUT2D eigenvalue weighted by Crippen LogP contribution is -2.39. The Morgan fingerprint density at radius 3 is 2.62 bits per heavy atom. The molecule has 0 aliphatic rings. The molecule has 0 aliphatic carbocycles. The molecule has 0 radical (unpaired) electrons. The maximum absolute atomic E-state index is 4.15. The summed E-state index contributed by atoms with van der Waals surface area (Å²) in [6, 6.07) is 0.584. The molecule has 1 aromatic heterocycles. The van der Waals surface area contributed by atoms with Gasteiger partial charge in [-0.3, -0.25) is 4.98 Å². The molecule has 2 nitrogen and oxygen atoms in total. The van der Waals surface area contributed by atoms with Crippen LogP contribution in [-0.2, 0) is 6.42 Å². The van der Waals surface area contributed by atoms with E-state index in [1.165, 1.54) is 11.3 Å². The molecule has 0 aromatic carbocycles. The van der Waals surface area contributed by atoms with Crippen molar-refractivity contribution in [3.63, 3.8) is 0 Å². The Labute approximate surface area is 103 Å². The Bertz CT molecular complexity index is 269. The van der Waals surface area contributed by atoms with Crippen LogP contribution in [0.4, 0.5) is 0 Å². The van der Waals surface area contributed by atoms with Gasteiger partial charge in [0.05, 0.1) is 5.51 Å². The van der Waals surface area contributed by atoms with Gasteiger partial charge in [0.15, 0.2) is 0 Å². The molecule has 0 aliphatic heterocycles. The topological polar surface area (TPSA) is 24.9 Å². The average Bonchev–Trinajstić information content (AvgIpc) is 2.75. The summed E-state index contributed by atoms with van der Waals surface area (Å²) in [6.45, 7) is 10.3. The lowest BCUT2D eigenvalue weighted by atomic mass is 9.88. The number of aromatic nitrogens is 1. The van der Waals surface area contributed by atoms with E-state index < -0.39 is 0 Å². The molecule has 16 heavy (non-hydrogen) atoms. The Morgan fingerprint density at radius 2 is 2.12 bits per heavy atom. The normalized spacial score (nSPS) is 15.3. The van der Waals surface area contributed by atoms with Crippen LogP contribution in [0.5, 0.6) is 0 Å². The zero-order valence-electron chi connectivity index (χ0n) is 10.9. The van der Waals surface area contributed by atoms with E-state index >= 15 is 0 Å². The van der Waals surface area contributed by atoms with Crippen molar-refractivity contribution in [2.24, 2.45) is 11.8 Å². The largest absolute Gasteiger partial charge is 0.313 e. The molecule has 0 saturated heterocycles. The standard InChI is InChI=1S/C13H24N2S/c1-5-6-15-13(11(4)10(2)3)7-12-8-14-9-16-12/h8-11,13,15H,5-7H2,1-4H3. The molecule has 1 rings (SSSR count). The average molecular weight is 240 g/mol. The molecule has 92 valence electrons. The van der Waals surface area contributed by atoms with Crippen molar-refractivity contribution in [2.75, 3.05) is 6.54 Å². The highest BCUT2D eigenvalue weighted by molar-refractivity contribution is 7.09. The highest BCUT2D eigenvalue weighted by Gasteiger charge is 2.20. The van der Waals surface area contributed by atoms with Gasteiger partial charge in [0.25, 0.3) is 0 Å². The molecule has 0 amide bonds. The summed E-state index contributed by atoms with van der Waals surface area (Å²) in [5, 5.41) is 3.67. The van der Waals surface area contributed by atoms with E-state index in [0.29, 0.717) is 12.0 Å². The summed E-state index contributed by atoms with van der Waals surface area (Å²) >= 11 is 1.76. The summed E-state index contributed by atoms with van der Waals surface area (Å²) in [5.41, 5.74) is 1.92. The molecule has 3 heteroatoms. The first-order chi connectivity index (χ1) is 7.65. The van der Waals surface area contributed by atoms with Gasteiger partial charge in [-0.05, 0) is 31.2 Å². The fourth-order valence-electron chi connectivity index (χ4n) is 1.80. The minimum atomic E-state index is 0.584. The van der Waals surface area contributed by atoms with E-state index in [2.05, 4.69) is 38.0 Å². The number of hydrogen-bond acceptors (Lipinski definition) is 3. The molecular weight excluding hydrogens is 216 g/mol. The van der Waals surface area contributed by atoms with Crippen LogP contribution in [0, 0.1) is 11.8 Å². The van der Waals surface area contributed by atoms with Crippen LogP contribution in [0.25, 0.3) is 0 Å². The second kappa shape index (κ2) is 7.02. The molecule has 2 unspecified atom stereocenters. The molecule has 2 atom stereocenters. The SMILES string of the molecule is CCCNC(Cc1cncs1)C(C)C(C)C. The predicted molar refractivity (Wildman–Crippen MR) is 71.9 cm³/mol. The first-order valence-corrected chi connectivity index (χ1v) is 7.13. The van der Waals surface area contributed by atoms with Crippen molar-refractivity contribution >= 4 is 11.3 Å². The molecule has 1 heterocycles. The summed E-state index contributed by atoms with van der Waals surface area (Å²) in [4.78, 5) is 5.54. The van der Waals surface area contributed by atoms with Gasteiger partial charge in [-0.15, -0.1) is 11.3 Å². The Balaban J connectivity index is 2.56. The maximum atomic E-state index is 4.15. The van der Waals surface area contributed by atoms with E-state index in [9.17, 15) is 0 Å². The smallest absolute Gasteiger partial charge is 0.0794 e. The summed E-state index contributed by atoms with van der Waals surface area (Å²) in [5.74, 6) is 1.43. The molecular formula is C13H24N2S. The summed E-state index contributed by atoms with van der Waals surface area (Å²) < 4.78 is 0. The molecule has 0 saturated carbocycles. The number of rotatable bonds is 7. The monoisotopic (exact) mass is 240 g/mol. The third-order valence-electron chi connectivity index (χ3n) is 3.25. The van der Waals surface area contributed by atoms with Crippen LogP contribution in [0.15, 0.2) is 11.7 Å². The number of nitrogens with one attached hydrogen (secondary N) is 1. The van der Waals surface area contributed by atoms with Crippen LogP contribution in [0.3, 0.4) is 0 Å². The third kappa shape index (κ3) is 4.22. The number of hydrogen-bond donors (Lipinski definition) is 1. The van der Waals surface area contributed by atoms with Crippen molar-refractivity contribution in [2.45, 2.75) is 46.6 Å². The molecule has 0 fully saturated rings. The zero-order chi connectivity index (χ0) is 12.0. The van der Waals surface area contributed by atoms with Crippen molar-refractivity contribution in [1.82, 2.24) is 10.3 Å². The van der Waals surface area contributed by atoms with Gasteiger partial charge in [0, 0.05) is 17.1 Å². The third-order valence-corrected chi connectivity index (χ3v) is 4.05. The van der Waals surface area contributed by atoms with Gasteiger partial charge in [-0.2, -0.15) is 0 Å². The Morgan fingerprint density at radius 1 is 1.38 bits per heavy atom. The van der Waals surface area contributed by atoms with E-state index in [0.717, 1.165) is 18.9 Å². The number of thiazole rings is 1. The van der Waals surface area contributed by atoms with Crippen LogP contribution in [-0.4, -0.2) is 17.6 Å². The van der Waals surface area contributed by atoms with Gasteiger partial charge in [-0.1, -0.05) is 27.7 Å². The van der Waals surface area contributed by atoms with Crippen molar-refractivity contribution in [3.8, 4) is 0 Å². The van der Waals surface area contributed by atoms with Gasteiger partial charge in [0.2, 0.25) is 0 Å². The van der Waals surface area contributed by atoms with Gasteiger partial charge in [0.1, 0.15) is 0 Å². The summed E-state index contributed by atoms with van der Waals surface area (Å²) in [6.07, 6.45) is 4.31. The predicted octanol–water partition coefficient (Wildman–Crippen LogP) is 3.35. The lowest BCUT2D eigenvalue weighted by Gasteiger charge is -2.27. The Kier molecular flexibility index (Phi) is 5.99. The van der Waals surface area contributed by atoms with Crippen molar-refractivity contribution in [3.05, 3.63) is 16.6 Å². The maximum Gasteiger partial charge on any atom is 0.0794 e. The number of nitrogens with zero attached hydrogens (tertiary/aromatic N) is 1. The zero-order valence-corrected chi connectivity index (χ0v) is 11.7.